The zero-order chi connectivity index (χ0) is 10.5. The number of halogens is 1. The molecular formula is C5H11ClNO5P. The van der Waals surface area contributed by atoms with Gasteiger partial charge in [0.1, 0.15) is 6.04 Å². The molecule has 6 nitrogen and oxygen atoms in total. The van der Waals surface area contributed by atoms with Gasteiger partial charge in [0, 0.05) is 11.2 Å². The van der Waals surface area contributed by atoms with Gasteiger partial charge in [0.2, 0.25) is 0 Å². The Kier molecular flexibility index (Phi) is 5.51. The first-order valence-corrected chi connectivity index (χ1v) is 5.98. The number of nitrogens with one attached hydrogen (secondary N) is 1. The molecule has 0 aromatic rings. The Morgan fingerprint density at radius 3 is 2.69 bits per heavy atom. The topological polar surface area (TPSA) is 84.9 Å². The summed E-state index contributed by atoms with van der Waals surface area (Å²) in [4.78, 5) is 24.0. The standard InChI is InChI=1S/C5H11ClNO5P/c1-3-11-7-4(2)5(8)12-13(6,9)10/h4,7H,3H2,1-2H3,(H,9,10). The summed E-state index contributed by atoms with van der Waals surface area (Å²) in [7, 11) is 0. The lowest BCUT2D eigenvalue weighted by Crippen LogP contribution is -2.34. The molecule has 8 heteroatoms. The van der Waals surface area contributed by atoms with Gasteiger partial charge in [-0.15, -0.1) is 0 Å². The van der Waals surface area contributed by atoms with E-state index in [1.54, 1.807) is 6.92 Å². The molecule has 0 amide bonds. The monoisotopic (exact) mass is 231 g/mol. The second-order valence-corrected chi connectivity index (χ2v) is 4.50. The van der Waals surface area contributed by atoms with Gasteiger partial charge in [-0.2, -0.15) is 5.48 Å². The van der Waals surface area contributed by atoms with Crippen molar-refractivity contribution < 1.29 is 23.6 Å². The molecular weight excluding hydrogens is 220 g/mol. The van der Waals surface area contributed by atoms with Gasteiger partial charge in [-0.3, -0.25) is 0 Å². The lowest BCUT2D eigenvalue weighted by Gasteiger charge is -2.12. The van der Waals surface area contributed by atoms with Gasteiger partial charge in [-0.05, 0) is 13.8 Å². The third kappa shape index (κ3) is 6.98. The van der Waals surface area contributed by atoms with Crippen LogP contribution in [0.3, 0.4) is 0 Å². The van der Waals surface area contributed by atoms with Gasteiger partial charge in [0.15, 0.2) is 0 Å². The maximum absolute atomic E-state index is 10.9. The van der Waals surface area contributed by atoms with Crippen molar-refractivity contribution in [3.63, 3.8) is 0 Å². The molecule has 0 aliphatic heterocycles. The Labute approximate surface area is 80.4 Å². The van der Waals surface area contributed by atoms with Crippen LogP contribution in [0.15, 0.2) is 0 Å². The predicted molar refractivity (Wildman–Crippen MR) is 46.0 cm³/mol. The van der Waals surface area contributed by atoms with Crippen molar-refractivity contribution in [2.45, 2.75) is 19.9 Å². The summed E-state index contributed by atoms with van der Waals surface area (Å²) >= 11 is 4.81. The van der Waals surface area contributed by atoms with Crippen LogP contribution in [-0.4, -0.2) is 23.5 Å². The first-order chi connectivity index (χ1) is 5.87. The van der Waals surface area contributed by atoms with E-state index in [4.69, 9.17) is 16.1 Å². The van der Waals surface area contributed by atoms with Crippen molar-refractivity contribution in [3.05, 3.63) is 0 Å². The minimum Gasteiger partial charge on any atom is -0.379 e. The molecule has 0 heterocycles. The van der Waals surface area contributed by atoms with E-state index in [9.17, 15) is 9.36 Å². The summed E-state index contributed by atoms with van der Waals surface area (Å²) in [5.41, 5.74) is 2.29. The lowest BCUT2D eigenvalue weighted by atomic mass is 10.4. The molecule has 0 saturated heterocycles. The van der Waals surface area contributed by atoms with Crippen molar-refractivity contribution in [2.24, 2.45) is 0 Å². The molecule has 0 saturated carbocycles. The van der Waals surface area contributed by atoms with Gasteiger partial charge in [-0.25, -0.2) is 9.36 Å². The van der Waals surface area contributed by atoms with E-state index < -0.39 is 19.0 Å². The highest BCUT2D eigenvalue weighted by atomic mass is 35.7. The molecule has 2 unspecified atom stereocenters. The van der Waals surface area contributed by atoms with Crippen molar-refractivity contribution in [1.29, 1.82) is 0 Å². The summed E-state index contributed by atoms with van der Waals surface area (Å²) in [6, 6.07) is -0.848. The second-order valence-electron chi connectivity index (χ2n) is 2.13. The van der Waals surface area contributed by atoms with Crippen molar-refractivity contribution in [2.75, 3.05) is 6.61 Å². The number of carbonyl (C=O) groups excluding carboxylic acids is 1. The summed E-state index contributed by atoms with van der Waals surface area (Å²) in [5, 5.41) is 0. The predicted octanol–water partition coefficient (Wildman–Crippen LogP) is 0.798. The smallest absolute Gasteiger partial charge is 0.379 e. The largest absolute Gasteiger partial charge is 0.476 e. The Hall–Kier alpha value is -0.130. The van der Waals surface area contributed by atoms with Crippen LogP contribution in [-0.2, 0) is 18.7 Å². The highest BCUT2D eigenvalue weighted by molar-refractivity contribution is 7.80. The third-order valence-corrected chi connectivity index (χ3v) is 1.57. The Balaban J connectivity index is 3.90. The van der Waals surface area contributed by atoms with Crippen molar-refractivity contribution in [1.82, 2.24) is 5.48 Å². The van der Waals surface area contributed by atoms with Crippen molar-refractivity contribution in [3.8, 4) is 0 Å². The fourth-order valence-corrected chi connectivity index (χ4v) is 1.03. The second kappa shape index (κ2) is 5.57. The average Bonchev–Trinajstić information content (AvgIpc) is 1.96. The van der Waals surface area contributed by atoms with Crippen LogP contribution >= 0.6 is 18.2 Å². The van der Waals surface area contributed by atoms with Gasteiger partial charge >= 0.3 is 12.9 Å². The van der Waals surface area contributed by atoms with Crippen molar-refractivity contribution >= 4 is 24.2 Å². The normalized spacial score (nSPS) is 17.5. The van der Waals surface area contributed by atoms with Crippen LogP contribution in [0.5, 0.6) is 0 Å². The molecule has 13 heavy (non-hydrogen) atoms. The lowest BCUT2D eigenvalue weighted by molar-refractivity contribution is -0.140. The molecule has 0 aliphatic rings. The van der Waals surface area contributed by atoms with Crippen LogP contribution in [0.2, 0.25) is 0 Å². The summed E-state index contributed by atoms with van der Waals surface area (Å²) in [6.45, 7) is -0.805. The molecule has 0 fully saturated rings. The van der Waals surface area contributed by atoms with E-state index in [1.807, 2.05) is 0 Å². The number of hydrogen-bond acceptors (Lipinski definition) is 5. The van der Waals surface area contributed by atoms with Crippen LogP contribution in [0, 0.1) is 0 Å². The van der Waals surface area contributed by atoms with Gasteiger partial charge in [0.25, 0.3) is 0 Å². The summed E-state index contributed by atoms with van der Waals surface area (Å²) < 4.78 is 14.4. The van der Waals surface area contributed by atoms with Crippen LogP contribution in [0.25, 0.3) is 0 Å². The molecule has 0 bridgehead atoms. The summed E-state index contributed by atoms with van der Waals surface area (Å²) in [6.07, 6.45) is 0. The molecule has 0 aromatic carbocycles. The molecule has 0 rings (SSSR count). The average molecular weight is 232 g/mol. The van der Waals surface area contributed by atoms with E-state index in [-0.39, 0.29) is 0 Å². The van der Waals surface area contributed by atoms with E-state index in [0.29, 0.717) is 6.61 Å². The highest BCUT2D eigenvalue weighted by Crippen LogP contribution is 2.47. The van der Waals surface area contributed by atoms with E-state index in [0.717, 1.165) is 0 Å². The third-order valence-electron chi connectivity index (χ3n) is 0.961. The molecule has 2 atom stereocenters. The first kappa shape index (κ1) is 12.9. The van der Waals surface area contributed by atoms with E-state index >= 15 is 0 Å². The fraction of sp³-hybridized carbons (Fsp3) is 0.800. The molecule has 0 spiro atoms. The number of carbonyl (C=O) groups is 1. The molecule has 0 radical (unpaired) electrons. The maximum atomic E-state index is 10.9. The highest BCUT2D eigenvalue weighted by Gasteiger charge is 2.24. The van der Waals surface area contributed by atoms with Gasteiger partial charge < -0.3 is 14.3 Å². The van der Waals surface area contributed by atoms with Gasteiger partial charge in [0.05, 0.1) is 6.61 Å². The van der Waals surface area contributed by atoms with E-state index in [1.165, 1.54) is 6.92 Å². The van der Waals surface area contributed by atoms with Crippen LogP contribution in [0.4, 0.5) is 0 Å². The zero-order valence-electron chi connectivity index (χ0n) is 7.19. The molecule has 2 N–H and O–H groups in total. The Bertz CT molecular complexity index is 217. The summed E-state index contributed by atoms with van der Waals surface area (Å²) in [5.74, 6) is -0.950. The molecule has 0 aromatic heterocycles. The molecule has 0 aliphatic carbocycles. The Morgan fingerprint density at radius 1 is 1.77 bits per heavy atom. The maximum Gasteiger partial charge on any atom is 0.476 e. The minimum absolute atomic E-state index is 0.356. The SMILES string of the molecule is CCONC(C)C(=O)OP(=O)(O)Cl. The van der Waals surface area contributed by atoms with Crippen LogP contribution in [0.1, 0.15) is 13.8 Å². The van der Waals surface area contributed by atoms with E-state index in [2.05, 4.69) is 14.8 Å². The van der Waals surface area contributed by atoms with Gasteiger partial charge in [-0.1, -0.05) is 0 Å². The number of hydrogen-bond donors (Lipinski definition) is 2. The quantitative estimate of drug-likeness (QED) is 0.538. The number of rotatable bonds is 5. The Morgan fingerprint density at radius 2 is 2.31 bits per heavy atom. The first-order valence-electron chi connectivity index (χ1n) is 3.50. The molecule has 78 valence electrons. The zero-order valence-corrected chi connectivity index (χ0v) is 8.84. The fourth-order valence-electron chi connectivity index (χ4n) is 0.446. The minimum atomic E-state index is -4.28. The van der Waals surface area contributed by atoms with Crippen LogP contribution < -0.4 is 5.48 Å². The number of hydroxylamine groups is 1.